The maximum atomic E-state index is 12.2. The van der Waals surface area contributed by atoms with E-state index in [0.29, 0.717) is 31.1 Å². The van der Waals surface area contributed by atoms with Gasteiger partial charge in [0.05, 0.1) is 12.6 Å². The Hall–Kier alpha value is -2.18. The molecule has 1 aromatic carbocycles. The van der Waals surface area contributed by atoms with Gasteiger partial charge < -0.3 is 14.9 Å². The Morgan fingerprint density at radius 1 is 1.44 bits per heavy atom. The number of hydrogen-bond acceptors (Lipinski definition) is 5. The van der Waals surface area contributed by atoms with E-state index in [1.165, 1.54) is 11.1 Å². The van der Waals surface area contributed by atoms with E-state index in [-0.39, 0.29) is 12.0 Å². The summed E-state index contributed by atoms with van der Waals surface area (Å²) in [4.78, 5) is 14.3. The molecule has 0 aliphatic carbocycles. The lowest BCUT2D eigenvalue weighted by molar-refractivity contribution is 0.0622. The van der Waals surface area contributed by atoms with Gasteiger partial charge in [0.1, 0.15) is 0 Å². The van der Waals surface area contributed by atoms with Crippen LogP contribution >= 0.6 is 0 Å². The summed E-state index contributed by atoms with van der Waals surface area (Å²) in [6.07, 6.45) is 2.33. The number of nitrogens with one attached hydrogen (secondary N) is 1. The van der Waals surface area contributed by atoms with Crippen LogP contribution in [0.2, 0.25) is 0 Å². The van der Waals surface area contributed by atoms with Crippen LogP contribution in [-0.4, -0.2) is 46.8 Å². The number of β-amino-alcohol motifs (C(OH)–C–C–N with tert-alkyl or cyclic N) is 1. The largest absolute Gasteiger partial charge is 0.392 e. The Morgan fingerprint density at radius 3 is 3.08 bits per heavy atom. The molecule has 1 aliphatic heterocycles. The number of hydrogen-bond donors (Lipinski definition) is 2. The molecule has 1 amide bonds. The molecule has 2 N–H and O–H groups in total. The Labute approximate surface area is 147 Å². The van der Waals surface area contributed by atoms with Crippen LogP contribution < -0.4 is 5.32 Å². The topological polar surface area (TPSA) is 78.6 Å². The van der Waals surface area contributed by atoms with E-state index in [9.17, 15) is 9.90 Å². The van der Waals surface area contributed by atoms with E-state index in [1.807, 2.05) is 12.1 Å². The first kappa shape index (κ1) is 17.6. The van der Waals surface area contributed by atoms with Crippen molar-refractivity contribution < 1.29 is 14.4 Å². The number of benzene rings is 1. The number of aryl methyl sites for hydroxylation is 1. The molecule has 2 heterocycles. The molecule has 6 nitrogen and oxygen atoms in total. The Bertz CT molecular complexity index is 713. The lowest BCUT2D eigenvalue weighted by atomic mass is 10.1. The second kappa shape index (κ2) is 8.27. The zero-order valence-electron chi connectivity index (χ0n) is 14.6. The molecule has 25 heavy (non-hydrogen) atoms. The maximum absolute atomic E-state index is 12.2. The van der Waals surface area contributed by atoms with Crippen LogP contribution in [0.3, 0.4) is 0 Å². The molecule has 6 heteroatoms. The van der Waals surface area contributed by atoms with E-state index in [2.05, 4.69) is 34.4 Å². The van der Waals surface area contributed by atoms with Crippen molar-refractivity contribution in [2.24, 2.45) is 0 Å². The van der Waals surface area contributed by atoms with Crippen LogP contribution in [0.1, 0.15) is 40.2 Å². The highest BCUT2D eigenvalue weighted by molar-refractivity contribution is 5.92. The van der Waals surface area contributed by atoms with Crippen molar-refractivity contribution in [1.29, 1.82) is 0 Å². The molecule has 1 atom stereocenters. The van der Waals surface area contributed by atoms with E-state index in [1.54, 1.807) is 6.07 Å². The zero-order valence-corrected chi connectivity index (χ0v) is 14.6. The van der Waals surface area contributed by atoms with Gasteiger partial charge in [-0.25, -0.2) is 0 Å². The number of carbonyl (C=O) groups excluding carboxylic acids is 1. The van der Waals surface area contributed by atoms with E-state index >= 15 is 0 Å². The molecular formula is C19H25N3O3. The van der Waals surface area contributed by atoms with Gasteiger partial charge in [-0.15, -0.1) is 0 Å². The third-order valence-electron chi connectivity index (χ3n) is 4.59. The van der Waals surface area contributed by atoms with Crippen LogP contribution in [0.15, 0.2) is 34.9 Å². The Morgan fingerprint density at radius 2 is 2.28 bits per heavy atom. The summed E-state index contributed by atoms with van der Waals surface area (Å²) in [7, 11) is 0. The fraction of sp³-hybridized carbons (Fsp3) is 0.474. The van der Waals surface area contributed by atoms with Gasteiger partial charge in [0.25, 0.3) is 5.91 Å². The number of likely N-dealkylation sites (tertiary alicyclic amines) is 1. The van der Waals surface area contributed by atoms with Crippen LogP contribution in [0.25, 0.3) is 0 Å². The fourth-order valence-corrected chi connectivity index (χ4v) is 3.18. The molecule has 0 bridgehead atoms. The second-order valence-electron chi connectivity index (χ2n) is 6.64. The van der Waals surface area contributed by atoms with Gasteiger partial charge in [-0.2, -0.15) is 0 Å². The summed E-state index contributed by atoms with van der Waals surface area (Å²) in [6.45, 7) is 4.76. The van der Waals surface area contributed by atoms with Gasteiger partial charge in [-0.1, -0.05) is 29.4 Å². The number of aliphatic hydroxyl groups excluding tert-OH is 1. The minimum absolute atomic E-state index is 0.220. The van der Waals surface area contributed by atoms with Crippen molar-refractivity contribution in [3.05, 3.63) is 52.9 Å². The van der Waals surface area contributed by atoms with Crippen molar-refractivity contribution >= 4 is 5.91 Å². The summed E-state index contributed by atoms with van der Waals surface area (Å²) >= 11 is 0. The lowest BCUT2D eigenvalue weighted by Crippen LogP contribution is -2.37. The summed E-state index contributed by atoms with van der Waals surface area (Å²) in [6, 6.07) is 9.84. The van der Waals surface area contributed by atoms with E-state index < -0.39 is 0 Å². The van der Waals surface area contributed by atoms with Crippen molar-refractivity contribution in [2.75, 3.05) is 19.6 Å². The molecule has 1 fully saturated rings. The number of carbonyl (C=O) groups is 1. The lowest BCUT2D eigenvalue weighted by Gasteiger charge is -2.28. The molecule has 134 valence electrons. The normalized spacial score (nSPS) is 18.2. The third kappa shape index (κ3) is 4.90. The molecule has 1 unspecified atom stereocenters. The Balaban J connectivity index is 1.48. The third-order valence-corrected chi connectivity index (χ3v) is 4.59. The van der Waals surface area contributed by atoms with Gasteiger partial charge in [0.15, 0.2) is 11.5 Å². The first-order valence-corrected chi connectivity index (χ1v) is 8.80. The second-order valence-corrected chi connectivity index (χ2v) is 6.64. The monoisotopic (exact) mass is 343 g/mol. The number of aliphatic hydroxyl groups is 1. The standard InChI is InChI=1S/C19H25N3O3/c1-14-5-2-3-6-15(14)8-9-20-19(24)18-11-17(25-21-18)13-22-10-4-7-16(23)12-22/h2-3,5-6,11,16,23H,4,7-10,12-13H2,1H3,(H,20,24). The number of aromatic nitrogens is 1. The van der Waals surface area contributed by atoms with Gasteiger partial charge in [0.2, 0.25) is 0 Å². The smallest absolute Gasteiger partial charge is 0.273 e. The van der Waals surface area contributed by atoms with Gasteiger partial charge in [-0.05, 0) is 43.9 Å². The summed E-state index contributed by atoms with van der Waals surface area (Å²) in [5.74, 6) is 0.431. The molecule has 0 saturated carbocycles. The minimum atomic E-state index is -0.277. The van der Waals surface area contributed by atoms with Crippen LogP contribution in [-0.2, 0) is 13.0 Å². The minimum Gasteiger partial charge on any atom is -0.392 e. The molecule has 1 aliphatic rings. The van der Waals surface area contributed by atoms with Crippen LogP contribution in [0, 0.1) is 6.92 Å². The average molecular weight is 343 g/mol. The highest BCUT2D eigenvalue weighted by Gasteiger charge is 2.20. The van der Waals surface area contributed by atoms with Crippen LogP contribution in [0.5, 0.6) is 0 Å². The summed E-state index contributed by atoms with van der Waals surface area (Å²) in [5, 5.41) is 16.5. The molecule has 2 aromatic rings. The maximum Gasteiger partial charge on any atom is 0.273 e. The molecule has 0 radical (unpaired) electrons. The molecule has 1 aromatic heterocycles. The van der Waals surface area contributed by atoms with Gasteiger partial charge in [0, 0.05) is 19.2 Å². The molecule has 0 spiro atoms. The summed E-state index contributed by atoms with van der Waals surface area (Å²) < 4.78 is 5.27. The fourth-order valence-electron chi connectivity index (χ4n) is 3.18. The summed E-state index contributed by atoms with van der Waals surface area (Å²) in [5.41, 5.74) is 2.76. The van der Waals surface area contributed by atoms with Crippen molar-refractivity contribution in [3.8, 4) is 0 Å². The number of amides is 1. The van der Waals surface area contributed by atoms with E-state index in [0.717, 1.165) is 25.8 Å². The number of piperidine rings is 1. The zero-order chi connectivity index (χ0) is 17.6. The number of nitrogens with zero attached hydrogens (tertiary/aromatic N) is 2. The predicted molar refractivity (Wildman–Crippen MR) is 94.2 cm³/mol. The molecule has 3 rings (SSSR count). The quantitative estimate of drug-likeness (QED) is 0.838. The van der Waals surface area contributed by atoms with Crippen molar-refractivity contribution in [2.45, 2.75) is 38.8 Å². The number of rotatable bonds is 6. The van der Waals surface area contributed by atoms with Gasteiger partial charge in [-0.3, -0.25) is 9.69 Å². The SMILES string of the molecule is Cc1ccccc1CCNC(=O)c1cc(CN2CCCC(O)C2)on1. The first-order chi connectivity index (χ1) is 12.1. The van der Waals surface area contributed by atoms with Crippen molar-refractivity contribution in [1.82, 2.24) is 15.4 Å². The predicted octanol–water partition coefficient (Wildman–Crippen LogP) is 1.91. The highest BCUT2D eigenvalue weighted by Crippen LogP contribution is 2.14. The van der Waals surface area contributed by atoms with Crippen molar-refractivity contribution in [3.63, 3.8) is 0 Å². The average Bonchev–Trinajstić information content (AvgIpc) is 3.05. The first-order valence-electron chi connectivity index (χ1n) is 8.80. The Kier molecular flexibility index (Phi) is 5.83. The van der Waals surface area contributed by atoms with E-state index in [4.69, 9.17) is 4.52 Å². The molecule has 1 saturated heterocycles. The van der Waals surface area contributed by atoms with Gasteiger partial charge >= 0.3 is 0 Å². The van der Waals surface area contributed by atoms with Crippen LogP contribution in [0.4, 0.5) is 0 Å². The molecular weight excluding hydrogens is 318 g/mol. The highest BCUT2D eigenvalue weighted by atomic mass is 16.5.